The van der Waals surface area contributed by atoms with E-state index >= 15 is 0 Å². The van der Waals surface area contributed by atoms with Crippen LogP contribution >= 0.6 is 0 Å². The SMILES string of the molecule is CCc1cc(CNCCC(F)(F)F)c(O)c2c1C[C@H]1C[C@H]3[C@H](N(C)C)C(=O)C(C(N)=O)=C(O)[C@@]3(O)C(=O)C1=C2O.[B].[W]. The van der Waals surface area contributed by atoms with E-state index in [-0.39, 0.29) is 65.6 Å². The van der Waals surface area contributed by atoms with E-state index in [9.17, 15) is 48.0 Å². The monoisotopic (exact) mass is 762 g/mol. The fraction of sp³-hybridized carbons (Fsp3) is 0.519. The van der Waals surface area contributed by atoms with Crippen LogP contribution in [-0.4, -0.2) is 89.7 Å². The maximum atomic E-state index is 13.9. The quantitative estimate of drug-likeness (QED) is 0.136. The van der Waals surface area contributed by atoms with Gasteiger partial charge in [0.05, 0.1) is 18.0 Å². The van der Waals surface area contributed by atoms with E-state index in [1.807, 2.05) is 6.92 Å². The predicted molar refractivity (Wildman–Crippen MR) is 142 cm³/mol. The zero-order valence-electron chi connectivity index (χ0n) is 23.2. The molecule has 0 heterocycles. The summed E-state index contributed by atoms with van der Waals surface area (Å²) in [6.07, 6.45) is -4.88. The molecule has 3 radical (unpaired) electrons. The summed E-state index contributed by atoms with van der Waals surface area (Å²) in [5.74, 6) is -7.41. The number of nitrogens with one attached hydrogen (secondary N) is 1. The number of phenols is 1. The molecule has 3 aliphatic rings. The Labute approximate surface area is 256 Å². The molecule has 15 heteroatoms. The van der Waals surface area contributed by atoms with Crippen molar-refractivity contribution in [1.29, 1.82) is 0 Å². The van der Waals surface area contributed by atoms with Crippen LogP contribution in [0.15, 0.2) is 23.0 Å². The number of Topliss-reactive ketones (excluding diaryl/α,β-unsaturated/α-hetero) is 2. The number of carbonyl (C=O) groups is 3. The van der Waals surface area contributed by atoms with Crippen LogP contribution in [0.2, 0.25) is 0 Å². The first-order chi connectivity index (χ1) is 18.6. The van der Waals surface area contributed by atoms with Crippen molar-refractivity contribution in [1.82, 2.24) is 10.2 Å². The van der Waals surface area contributed by atoms with Gasteiger partial charge in [-0.2, -0.15) is 13.2 Å². The van der Waals surface area contributed by atoms with Gasteiger partial charge < -0.3 is 31.5 Å². The second-order valence-corrected chi connectivity index (χ2v) is 10.8. The Hall–Kier alpha value is -2.67. The van der Waals surface area contributed by atoms with Gasteiger partial charge >= 0.3 is 6.18 Å². The van der Waals surface area contributed by atoms with Gasteiger partial charge in [0.1, 0.15) is 22.8 Å². The van der Waals surface area contributed by atoms with Crippen LogP contribution in [0.3, 0.4) is 0 Å². The number of ketones is 2. The maximum Gasteiger partial charge on any atom is 0.390 e. The van der Waals surface area contributed by atoms with Crippen molar-refractivity contribution < 1.29 is 69.0 Å². The molecule has 1 aromatic carbocycles. The smallest absolute Gasteiger partial charge is 0.390 e. The van der Waals surface area contributed by atoms with Gasteiger partial charge in [0.25, 0.3) is 5.91 Å². The van der Waals surface area contributed by atoms with E-state index in [0.29, 0.717) is 17.5 Å². The van der Waals surface area contributed by atoms with E-state index in [1.165, 1.54) is 19.0 Å². The zero-order chi connectivity index (χ0) is 29.9. The van der Waals surface area contributed by atoms with Gasteiger partial charge in [-0.3, -0.25) is 19.3 Å². The topological polar surface area (TPSA) is 173 Å². The molecule has 42 heavy (non-hydrogen) atoms. The van der Waals surface area contributed by atoms with E-state index < -0.39 is 82.9 Å². The minimum absolute atomic E-state index is 0. The molecule has 4 atom stereocenters. The summed E-state index contributed by atoms with van der Waals surface area (Å²) in [4.78, 5) is 40.5. The van der Waals surface area contributed by atoms with Crippen molar-refractivity contribution in [2.24, 2.45) is 17.6 Å². The Bertz CT molecular complexity index is 1370. The summed E-state index contributed by atoms with van der Waals surface area (Å²) < 4.78 is 37.6. The van der Waals surface area contributed by atoms with Gasteiger partial charge in [0, 0.05) is 59.6 Å². The third-order valence-corrected chi connectivity index (χ3v) is 8.17. The first-order valence-corrected chi connectivity index (χ1v) is 12.8. The number of aliphatic hydroxyl groups excluding tert-OH is 2. The minimum Gasteiger partial charge on any atom is -0.508 e. The number of likely N-dealkylation sites (N-methyl/N-ethyl adjacent to an activating group) is 1. The van der Waals surface area contributed by atoms with Crippen molar-refractivity contribution >= 4 is 31.6 Å². The Balaban J connectivity index is 0.00000308. The molecule has 0 bridgehead atoms. The molecule has 1 amide bonds. The van der Waals surface area contributed by atoms with Crippen molar-refractivity contribution in [3.8, 4) is 5.75 Å². The fourth-order valence-electron chi connectivity index (χ4n) is 6.35. The molecule has 0 spiro atoms. The third kappa shape index (κ3) is 5.66. The minimum atomic E-state index is -4.36. The van der Waals surface area contributed by atoms with Crippen LogP contribution in [0.5, 0.6) is 5.75 Å². The number of amides is 1. The molecule has 1 fully saturated rings. The van der Waals surface area contributed by atoms with Gasteiger partial charge in [-0.15, -0.1) is 0 Å². The Morgan fingerprint density at radius 2 is 1.81 bits per heavy atom. The van der Waals surface area contributed by atoms with Gasteiger partial charge in [0.2, 0.25) is 5.78 Å². The number of aliphatic hydroxyl groups is 3. The van der Waals surface area contributed by atoms with Gasteiger partial charge in [0.15, 0.2) is 11.4 Å². The molecule has 0 aliphatic heterocycles. The number of primary amides is 1. The number of benzene rings is 1. The number of phenolic OH excluding ortho intramolecular Hbond substituents is 1. The number of fused-ring (bicyclic) bond motifs is 3. The number of rotatable bonds is 7. The number of hydrogen-bond acceptors (Lipinski definition) is 9. The Morgan fingerprint density at radius 1 is 1.19 bits per heavy atom. The maximum absolute atomic E-state index is 13.9. The normalized spacial score (nSPS) is 25.4. The predicted octanol–water partition coefficient (Wildman–Crippen LogP) is 1.19. The second kappa shape index (κ2) is 12.5. The van der Waals surface area contributed by atoms with Gasteiger partial charge in [-0.25, -0.2) is 0 Å². The number of carbonyl (C=O) groups excluding carboxylic acids is 3. The van der Waals surface area contributed by atoms with E-state index in [4.69, 9.17) is 5.73 Å². The van der Waals surface area contributed by atoms with Crippen LogP contribution in [0.25, 0.3) is 5.76 Å². The van der Waals surface area contributed by atoms with Crippen LogP contribution in [0.4, 0.5) is 13.2 Å². The van der Waals surface area contributed by atoms with Crippen molar-refractivity contribution in [2.75, 3.05) is 20.6 Å². The largest absolute Gasteiger partial charge is 0.508 e. The molecule has 3 aliphatic carbocycles. The summed E-state index contributed by atoms with van der Waals surface area (Å²) in [5.41, 5.74) is 2.75. The number of aromatic hydroxyl groups is 1. The zero-order valence-corrected chi connectivity index (χ0v) is 26.1. The van der Waals surface area contributed by atoms with Crippen molar-refractivity contribution in [3.63, 3.8) is 0 Å². The van der Waals surface area contributed by atoms with Crippen LogP contribution in [-0.2, 0) is 54.8 Å². The van der Waals surface area contributed by atoms with Crippen molar-refractivity contribution in [2.45, 2.75) is 57.0 Å². The molecule has 1 saturated carbocycles. The summed E-state index contributed by atoms with van der Waals surface area (Å²) in [5, 5.41) is 47.6. The molecule has 4 rings (SSSR count). The Kier molecular flexibility index (Phi) is 10.6. The van der Waals surface area contributed by atoms with Gasteiger partial charge in [-0.1, -0.05) is 13.0 Å². The first kappa shape index (κ1) is 35.5. The molecular weight excluding hydrogens is 730 g/mol. The molecule has 7 N–H and O–H groups in total. The number of aryl methyl sites for hydroxylation is 1. The van der Waals surface area contributed by atoms with Crippen LogP contribution in [0.1, 0.15) is 42.0 Å². The number of hydrogen-bond donors (Lipinski definition) is 6. The summed E-state index contributed by atoms with van der Waals surface area (Å²) in [6, 6.07) is 0.454. The average molecular weight is 762 g/mol. The van der Waals surface area contributed by atoms with E-state index in [1.54, 1.807) is 6.07 Å². The molecule has 0 saturated heterocycles. The molecule has 0 aromatic heterocycles. The summed E-state index contributed by atoms with van der Waals surface area (Å²) in [6.45, 7) is 1.28. The third-order valence-electron chi connectivity index (χ3n) is 8.17. The number of halogens is 3. The van der Waals surface area contributed by atoms with E-state index in [0.717, 1.165) is 0 Å². The summed E-state index contributed by atoms with van der Waals surface area (Å²) >= 11 is 0. The van der Waals surface area contributed by atoms with Crippen LogP contribution in [0, 0.1) is 11.8 Å². The first-order valence-electron chi connectivity index (χ1n) is 12.8. The second-order valence-electron chi connectivity index (χ2n) is 10.8. The van der Waals surface area contributed by atoms with Gasteiger partial charge in [-0.05, 0) is 50.4 Å². The standard InChI is InChI=1S/C27H32F3N3O7.B.W/c1-4-11-7-13(10-32-6-5-26(28,29)30)20(34)17-14(11)8-12-9-15-19(33(2)3)22(36)18(25(31)39)24(38)27(15,40)23(37)16(12)21(17)35;;/h7,12,15,19,32,34-35,38,40H,4-6,8-10H2,1-3H3,(H2,31,39);;/t12-,15-,19-,27-;;/m0../s1. The van der Waals surface area contributed by atoms with Crippen molar-refractivity contribution in [3.05, 3.63) is 45.2 Å². The fourth-order valence-corrected chi connectivity index (χ4v) is 6.35. The molecule has 0 unspecified atom stereocenters. The average Bonchev–Trinajstić information content (AvgIpc) is 2.84. The molecule has 1 aromatic rings. The number of alkyl halides is 3. The van der Waals surface area contributed by atoms with E-state index in [2.05, 4.69) is 5.32 Å². The molecule has 10 nitrogen and oxygen atoms in total. The molecule has 227 valence electrons. The Morgan fingerprint density at radius 3 is 2.33 bits per heavy atom. The molecular formula is C27H32BF3N3O7W. The number of nitrogens with two attached hydrogens (primary N) is 1. The van der Waals surface area contributed by atoms with Crippen LogP contribution < -0.4 is 11.1 Å². The number of nitrogens with zero attached hydrogens (tertiary/aromatic N) is 1. The summed E-state index contributed by atoms with van der Waals surface area (Å²) in [7, 11) is 3.04.